The van der Waals surface area contributed by atoms with E-state index in [9.17, 15) is 5.11 Å². The van der Waals surface area contributed by atoms with Gasteiger partial charge >= 0.3 is 0 Å². The second-order valence-corrected chi connectivity index (χ2v) is 6.17. The Hall–Kier alpha value is -2.89. The van der Waals surface area contributed by atoms with E-state index in [1.165, 1.54) is 0 Å². The molecule has 0 atom stereocenters. The van der Waals surface area contributed by atoms with Crippen molar-refractivity contribution in [1.82, 2.24) is 10.2 Å². The van der Waals surface area contributed by atoms with Crippen LogP contribution < -0.4 is 14.8 Å². The number of aromatic hydroxyl groups is 1. The topological polar surface area (TPSA) is 66.3 Å². The van der Waals surface area contributed by atoms with Crippen LogP contribution in [0.4, 0.5) is 0 Å². The molecule has 1 aliphatic rings. The second-order valence-electron chi connectivity index (χ2n) is 6.17. The number of nitrogens with one attached hydrogen (secondary N) is 1. The van der Waals surface area contributed by atoms with Gasteiger partial charge in [0.05, 0.1) is 6.54 Å². The largest absolute Gasteiger partial charge is 0.508 e. The summed E-state index contributed by atoms with van der Waals surface area (Å²) >= 11 is 0. The van der Waals surface area contributed by atoms with Crippen molar-refractivity contribution in [3.8, 4) is 17.2 Å². The maximum Gasteiger partial charge on any atom is 0.194 e. The molecule has 138 valence electrons. The highest BCUT2D eigenvalue weighted by Gasteiger charge is 2.13. The minimum Gasteiger partial charge on any atom is -0.508 e. The van der Waals surface area contributed by atoms with E-state index in [0.29, 0.717) is 26.3 Å². The van der Waals surface area contributed by atoms with Gasteiger partial charge in [-0.05, 0) is 42.3 Å². The van der Waals surface area contributed by atoms with Gasteiger partial charge in [-0.3, -0.25) is 0 Å². The van der Waals surface area contributed by atoms with Gasteiger partial charge < -0.3 is 24.8 Å². The number of hydrogen-bond acceptors (Lipinski definition) is 4. The van der Waals surface area contributed by atoms with Crippen LogP contribution in [0.25, 0.3) is 0 Å². The van der Waals surface area contributed by atoms with Crippen molar-refractivity contribution >= 4 is 5.96 Å². The summed E-state index contributed by atoms with van der Waals surface area (Å²) in [6, 6.07) is 13.2. The quantitative estimate of drug-likeness (QED) is 0.638. The fraction of sp³-hybridized carbons (Fsp3) is 0.350. The molecule has 0 saturated heterocycles. The molecule has 0 amide bonds. The van der Waals surface area contributed by atoms with E-state index < -0.39 is 0 Å². The van der Waals surface area contributed by atoms with Crippen molar-refractivity contribution in [2.24, 2.45) is 4.99 Å². The van der Waals surface area contributed by atoms with Crippen molar-refractivity contribution in [2.45, 2.75) is 20.0 Å². The third-order valence-corrected chi connectivity index (χ3v) is 4.04. The zero-order valence-corrected chi connectivity index (χ0v) is 15.2. The minimum atomic E-state index is 0.257. The van der Waals surface area contributed by atoms with Gasteiger partial charge in [-0.2, -0.15) is 0 Å². The number of ether oxygens (including phenoxy) is 2. The predicted octanol–water partition coefficient (Wildman–Crippen LogP) is 2.76. The maximum atomic E-state index is 9.59. The Morgan fingerprint density at radius 3 is 2.69 bits per heavy atom. The van der Waals surface area contributed by atoms with Gasteiger partial charge in [0.25, 0.3) is 0 Å². The van der Waals surface area contributed by atoms with Crippen molar-refractivity contribution in [3.63, 3.8) is 0 Å². The Bertz CT molecular complexity index is 777. The molecule has 1 aliphatic heterocycles. The van der Waals surface area contributed by atoms with E-state index in [4.69, 9.17) is 9.47 Å². The first-order valence-electron chi connectivity index (χ1n) is 8.81. The molecule has 0 spiro atoms. The van der Waals surface area contributed by atoms with Crippen LogP contribution in [-0.2, 0) is 13.1 Å². The Balaban J connectivity index is 1.70. The molecule has 0 unspecified atom stereocenters. The summed E-state index contributed by atoms with van der Waals surface area (Å²) < 4.78 is 11.2. The van der Waals surface area contributed by atoms with Crippen LogP contribution in [0.5, 0.6) is 17.2 Å². The summed E-state index contributed by atoms with van der Waals surface area (Å²) in [5.41, 5.74) is 2.09. The molecular weight excluding hydrogens is 330 g/mol. The van der Waals surface area contributed by atoms with E-state index in [1.807, 2.05) is 44.3 Å². The van der Waals surface area contributed by atoms with Crippen LogP contribution in [0.15, 0.2) is 47.5 Å². The summed E-state index contributed by atoms with van der Waals surface area (Å²) in [5.74, 6) is 2.66. The van der Waals surface area contributed by atoms with Gasteiger partial charge in [0.15, 0.2) is 17.5 Å². The number of aliphatic imine (C=N–C) groups is 1. The Kier molecular flexibility index (Phi) is 5.84. The summed E-state index contributed by atoms with van der Waals surface area (Å²) in [6.07, 6.45) is 0. The summed E-state index contributed by atoms with van der Waals surface area (Å²) in [4.78, 5) is 6.74. The van der Waals surface area contributed by atoms with E-state index in [0.717, 1.165) is 35.1 Å². The van der Waals surface area contributed by atoms with Gasteiger partial charge in [0.2, 0.25) is 0 Å². The monoisotopic (exact) mass is 355 g/mol. The highest BCUT2D eigenvalue weighted by molar-refractivity contribution is 5.79. The van der Waals surface area contributed by atoms with Gasteiger partial charge in [0, 0.05) is 20.1 Å². The molecule has 3 rings (SSSR count). The van der Waals surface area contributed by atoms with Crippen molar-refractivity contribution in [3.05, 3.63) is 53.6 Å². The highest BCUT2D eigenvalue weighted by Crippen LogP contribution is 2.31. The summed E-state index contributed by atoms with van der Waals surface area (Å²) in [6.45, 7) is 5.20. The Morgan fingerprint density at radius 1 is 1.12 bits per heavy atom. The molecule has 0 bridgehead atoms. The van der Waals surface area contributed by atoms with Crippen LogP contribution in [0.3, 0.4) is 0 Å². The fourth-order valence-corrected chi connectivity index (χ4v) is 2.83. The van der Waals surface area contributed by atoms with Crippen molar-refractivity contribution in [1.29, 1.82) is 0 Å². The molecule has 6 nitrogen and oxygen atoms in total. The lowest BCUT2D eigenvalue weighted by Crippen LogP contribution is -2.38. The first kappa shape index (κ1) is 17.9. The average molecular weight is 355 g/mol. The second kappa shape index (κ2) is 8.47. The number of nitrogens with zero attached hydrogens (tertiary/aromatic N) is 2. The van der Waals surface area contributed by atoms with E-state index >= 15 is 0 Å². The number of guanidine groups is 1. The number of hydrogen-bond donors (Lipinski definition) is 2. The van der Waals surface area contributed by atoms with Crippen LogP contribution in [0, 0.1) is 0 Å². The van der Waals surface area contributed by atoms with E-state index in [-0.39, 0.29) is 5.75 Å². The molecule has 2 aromatic rings. The van der Waals surface area contributed by atoms with Crippen LogP contribution >= 0.6 is 0 Å². The van der Waals surface area contributed by atoms with Crippen LogP contribution in [-0.4, -0.2) is 42.8 Å². The molecular formula is C20H25N3O3. The number of benzene rings is 2. The van der Waals surface area contributed by atoms with Crippen LogP contribution in [0.1, 0.15) is 18.1 Å². The zero-order valence-electron chi connectivity index (χ0n) is 15.2. The average Bonchev–Trinajstić information content (AvgIpc) is 2.65. The third-order valence-electron chi connectivity index (χ3n) is 4.04. The Morgan fingerprint density at radius 2 is 1.92 bits per heavy atom. The van der Waals surface area contributed by atoms with E-state index in [1.54, 1.807) is 12.1 Å². The third kappa shape index (κ3) is 4.59. The standard InChI is InChI=1S/C20H25N3O3/c1-3-21-20(22-13-15-5-4-6-17(24)11-15)23(2)14-16-7-8-18-19(12-16)26-10-9-25-18/h4-8,11-12,24H,3,9-10,13-14H2,1-2H3,(H,21,22). The first-order chi connectivity index (χ1) is 12.7. The smallest absolute Gasteiger partial charge is 0.194 e. The number of phenols is 1. The zero-order chi connectivity index (χ0) is 18.4. The summed E-state index contributed by atoms with van der Waals surface area (Å²) in [7, 11) is 2.00. The van der Waals surface area contributed by atoms with Gasteiger partial charge in [-0.1, -0.05) is 18.2 Å². The van der Waals surface area contributed by atoms with Crippen LogP contribution in [0.2, 0.25) is 0 Å². The van der Waals surface area contributed by atoms with Gasteiger partial charge in [0.1, 0.15) is 19.0 Å². The lowest BCUT2D eigenvalue weighted by molar-refractivity contribution is 0.171. The fourth-order valence-electron chi connectivity index (χ4n) is 2.83. The molecule has 6 heteroatoms. The molecule has 0 saturated carbocycles. The number of phenolic OH excluding ortho intramolecular Hbond substituents is 1. The molecule has 0 aromatic heterocycles. The molecule has 0 aliphatic carbocycles. The Labute approximate surface area is 154 Å². The lowest BCUT2D eigenvalue weighted by atomic mass is 10.2. The minimum absolute atomic E-state index is 0.257. The predicted molar refractivity (Wildman–Crippen MR) is 102 cm³/mol. The molecule has 2 N–H and O–H groups in total. The normalized spacial score (nSPS) is 13.4. The molecule has 0 radical (unpaired) electrons. The maximum absolute atomic E-state index is 9.59. The SMILES string of the molecule is CCNC(=NCc1cccc(O)c1)N(C)Cc1ccc2c(c1)OCCO2. The first-order valence-corrected chi connectivity index (χ1v) is 8.81. The van der Waals surface area contributed by atoms with Gasteiger partial charge in [-0.15, -0.1) is 0 Å². The van der Waals surface area contributed by atoms with Gasteiger partial charge in [-0.25, -0.2) is 4.99 Å². The van der Waals surface area contributed by atoms with E-state index in [2.05, 4.69) is 15.2 Å². The molecule has 1 heterocycles. The van der Waals surface area contributed by atoms with Crippen molar-refractivity contribution < 1.29 is 14.6 Å². The molecule has 2 aromatic carbocycles. The molecule has 26 heavy (non-hydrogen) atoms. The number of fused-ring (bicyclic) bond motifs is 1. The number of rotatable bonds is 5. The lowest BCUT2D eigenvalue weighted by Gasteiger charge is -2.24. The highest BCUT2D eigenvalue weighted by atomic mass is 16.6. The van der Waals surface area contributed by atoms with Crippen molar-refractivity contribution in [2.75, 3.05) is 26.8 Å². The molecule has 0 fully saturated rings. The summed E-state index contributed by atoms with van der Waals surface area (Å²) in [5, 5.41) is 12.9.